The van der Waals surface area contributed by atoms with Crippen LogP contribution in [-0.2, 0) is 11.3 Å². The summed E-state index contributed by atoms with van der Waals surface area (Å²) in [5.41, 5.74) is 1.58. The van der Waals surface area contributed by atoms with Crippen molar-refractivity contribution < 1.29 is 14.4 Å². The van der Waals surface area contributed by atoms with E-state index in [1.807, 2.05) is 6.07 Å². The number of thiocarbonyl (C=S) groups is 1. The van der Waals surface area contributed by atoms with Crippen molar-refractivity contribution >= 4 is 34.5 Å². The van der Waals surface area contributed by atoms with Gasteiger partial charge in [0.1, 0.15) is 17.3 Å². The number of rotatable bonds is 5. The number of benzene rings is 2. The van der Waals surface area contributed by atoms with Gasteiger partial charge in [-0.05, 0) is 23.8 Å². The molecule has 0 spiro atoms. The zero-order chi connectivity index (χ0) is 18.5. The van der Waals surface area contributed by atoms with Crippen molar-refractivity contribution in [3.8, 4) is 5.75 Å². The molecular weight excluding hydrogens is 376 g/mol. The van der Waals surface area contributed by atoms with E-state index in [1.165, 1.54) is 12.1 Å². The van der Waals surface area contributed by atoms with Gasteiger partial charge in [-0.2, -0.15) is 0 Å². The average Bonchev–Trinajstić information content (AvgIpc) is 2.67. The fourth-order valence-corrected chi connectivity index (χ4v) is 3.17. The summed E-state index contributed by atoms with van der Waals surface area (Å²) in [6.45, 7) is 3.05. The van der Waals surface area contributed by atoms with E-state index in [0.717, 1.165) is 23.6 Å². The molecule has 26 heavy (non-hydrogen) atoms. The molecule has 0 amide bonds. The summed E-state index contributed by atoms with van der Waals surface area (Å²) in [5.74, 6) is 0.506. The van der Waals surface area contributed by atoms with E-state index in [2.05, 4.69) is 4.90 Å². The van der Waals surface area contributed by atoms with E-state index in [1.54, 1.807) is 24.3 Å². The number of hydrogen-bond donors (Lipinski definition) is 0. The van der Waals surface area contributed by atoms with E-state index in [9.17, 15) is 10.1 Å². The van der Waals surface area contributed by atoms with Crippen LogP contribution < -0.4 is 4.74 Å². The molecule has 0 aromatic heterocycles. The Labute approximate surface area is 161 Å². The third-order valence-electron chi connectivity index (χ3n) is 3.99. The maximum Gasteiger partial charge on any atom is 0.269 e. The van der Waals surface area contributed by atoms with Crippen molar-refractivity contribution in [2.45, 2.75) is 6.61 Å². The summed E-state index contributed by atoms with van der Waals surface area (Å²) in [5, 5.41) is 11.3. The molecule has 8 heteroatoms. The lowest BCUT2D eigenvalue weighted by Gasteiger charge is -2.29. The molecule has 1 aliphatic heterocycles. The lowest BCUT2D eigenvalue weighted by molar-refractivity contribution is -0.384. The second-order valence-corrected chi connectivity index (χ2v) is 6.56. The first-order valence-corrected chi connectivity index (χ1v) is 8.86. The Hall–Kier alpha value is -2.22. The monoisotopic (exact) mass is 392 g/mol. The van der Waals surface area contributed by atoms with Crippen molar-refractivity contribution in [1.82, 2.24) is 4.90 Å². The van der Waals surface area contributed by atoms with Gasteiger partial charge in [-0.3, -0.25) is 10.1 Å². The number of non-ortho nitro benzene ring substituents is 1. The second-order valence-electron chi connectivity index (χ2n) is 5.77. The average molecular weight is 393 g/mol. The highest BCUT2D eigenvalue weighted by Gasteiger charge is 2.16. The fourth-order valence-electron chi connectivity index (χ4n) is 2.62. The minimum absolute atomic E-state index is 0.0309. The molecule has 1 saturated heterocycles. The minimum Gasteiger partial charge on any atom is -0.487 e. The Bertz CT molecular complexity index is 825. The third kappa shape index (κ3) is 4.49. The molecule has 136 valence electrons. The molecule has 2 aromatic carbocycles. The standard InChI is InChI=1S/C18H17ClN2O4S/c19-16-11-14(18(26)20-6-8-24-9-7-20)4-5-17(16)25-12-13-2-1-3-15(10-13)21(22)23/h1-5,10-11H,6-9,12H2. The Morgan fingerprint density at radius 2 is 2.04 bits per heavy atom. The van der Waals surface area contributed by atoms with E-state index in [4.69, 9.17) is 33.3 Å². The Kier molecular flexibility index (Phi) is 6.03. The smallest absolute Gasteiger partial charge is 0.269 e. The van der Waals surface area contributed by atoms with Crippen molar-refractivity contribution in [2.24, 2.45) is 0 Å². The normalized spacial score (nSPS) is 14.1. The maximum absolute atomic E-state index is 10.8. The van der Waals surface area contributed by atoms with Crippen molar-refractivity contribution in [3.05, 3.63) is 68.7 Å². The number of nitro benzene ring substituents is 1. The fraction of sp³-hybridized carbons (Fsp3) is 0.278. The molecule has 1 heterocycles. The molecule has 2 aromatic rings. The summed E-state index contributed by atoms with van der Waals surface area (Å²) < 4.78 is 11.0. The predicted molar refractivity (Wildman–Crippen MR) is 103 cm³/mol. The first-order valence-electron chi connectivity index (χ1n) is 8.07. The molecule has 0 N–H and O–H groups in total. The van der Waals surface area contributed by atoms with Crippen LogP contribution in [-0.4, -0.2) is 41.1 Å². The summed E-state index contributed by atoms with van der Waals surface area (Å²) in [7, 11) is 0. The van der Waals surface area contributed by atoms with Gasteiger partial charge in [0.2, 0.25) is 0 Å². The van der Waals surface area contributed by atoms with E-state index >= 15 is 0 Å². The topological polar surface area (TPSA) is 64.8 Å². The first kappa shape index (κ1) is 18.6. The van der Waals surface area contributed by atoms with Crippen LogP contribution in [0.25, 0.3) is 0 Å². The van der Waals surface area contributed by atoms with Gasteiger partial charge in [0.15, 0.2) is 0 Å². The van der Waals surface area contributed by atoms with E-state index < -0.39 is 4.92 Å². The van der Waals surface area contributed by atoms with Gasteiger partial charge in [0.05, 0.1) is 23.2 Å². The zero-order valence-corrected chi connectivity index (χ0v) is 15.5. The predicted octanol–water partition coefficient (Wildman–Crippen LogP) is 3.83. The highest BCUT2D eigenvalue weighted by Crippen LogP contribution is 2.27. The molecule has 1 fully saturated rings. The number of halogens is 1. The van der Waals surface area contributed by atoms with Crippen LogP contribution in [0.3, 0.4) is 0 Å². The van der Waals surface area contributed by atoms with Crippen molar-refractivity contribution in [2.75, 3.05) is 26.3 Å². The van der Waals surface area contributed by atoms with Gasteiger partial charge >= 0.3 is 0 Å². The van der Waals surface area contributed by atoms with E-state index in [0.29, 0.717) is 29.5 Å². The molecule has 6 nitrogen and oxygen atoms in total. The summed E-state index contributed by atoms with van der Waals surface area (Å²) in [4.78, 5) is 13.2. The van der Waals surface area contributed by atoms with Crippen LogP contribution in [0.5, 0.6) is 5.75 Å². The van der Waals surface area contributed by atoms with Crippen LogP contribution in [0.15, 0.2) is 42.5 Å². The zero-order valence-electron chi connectivity index (χ0n) is 13.9. The Balaban J connectivity index is 1.67. The molecule has 0 saturated carbocycles. The largest absolute Gasteiger partial charge is 0.487 e. The summed E-state index contributed by atoms with van der Waals surface area (Å²) in [6, 6.07) is 11.7. The molecule has 0 aliphatic carbocycles. The van der Waals surface area contributed by atoms with Crippen molar-refractivity contribution in [1.29, 1.82) is 0 Å². The number of ether oxygens (including phenoxy) is 2. The molecule has 0 unspecified atom stereocenters. The van der Waals surface area contributed by atoms with Crippen LogP contribution in [0.1, 0.15) is 11.1 Å². The number of morpholine rings is 1. The lowest BCUT2D eigenvalue weighted by Crippen LogP contribution is -2.40. The maximum atomic E-state index is 10.8. The van der Waals surface area contributed by atoms with Gasteiger partial charge in [0, 0.05) is 30.8 Å². The molecule has 1 aliphatic rings. The van der Waals surface area contributed by atoms with Gasteiger partial charge in [-0.1, -0.05) is 36.0 Å². The molecule has 0 radical (unpaired) electrons. The highest BCUT2D eigenvalue weighted by atomic mass is 35.5. The molecule has 0 bridgehead atoms. The number of hydrogen-bond acceptors (Lipinski definition) is 5. The Morgan fingerprint density at radius 3 is 2.73 bits per heavy atom. The SMILES string of the molecule is O=[N+]([O-])c1cccc(COc2ccc(C(=S)N3CCOCC3)cc2Cl)c1. The molecular formula is C18H17ClN2O4S. The minimum atomic E-state index is -0.433. The Morgan fingerprint density at radius 1 is 1.27 bits per heavy atom. The third-order valence-corrected chi connectivity index (χ3v) is 4.78. The summed E-state index contributed by atoms with van der Waals surface area (Å²) in [6.07, 6.45) is 0. The van der Waals surface area contributed by atoms with Crippen LogP contribution in [0.2, 0.25) is 5.02 Å². The first-order chi connectivity index (χ1) is 12.5. The quantitative estimate of drug-likeness (QED) is 0.437. The van der Waals surface area contributed by atoms with Gasteiger partial charge in [0.25, 0.3) is 5.69 Å². The highest BCUT2D eigenvalue weighted by molar-refractivity contribution is 7.80. The van der Waals surface area contributed by atoms with Crippen LogP contribution in [0, 0.1) is 10.1 Å². The molecule has 0 atom stereocenters. The van der Waals surface area contributed by atoms with Gasteiger partial charge in [-0.25, -0.2) is 0 Å². The lowest BCUT2D eigenvalue weighted by atomic mass is 10.2. The van der Waals surface area contributed by atoms with Gasteiger partial charge < -0.3 is 14.4 Å². The number of nitro groups is 1. The van der Waals surface area contributed by atoms with Crippen molar-refractivity contribution in [3.63, 3.8) is 0 Å². The van der Waals surface area contributed by atoms with E-state index in [-0.39, 0.29) is 12.3 Å². The summed E-state index contributed by atoms with van der Waals surface area (Å²) >= 11 is 11.9. The van der Waals surface area contributed by atoms with Crippen LogP contribution in [0.4, 0.5) is 5.69 Å². The molecule has 3 rings (SSSR count). The van der Waals surface area contributed by atoms with Crippen LogP contribution >= 0.6 is 23.8 Å². The van der Waals surface area contributed by atoms with Gasteiger partial charge in [-0.15, -0.1) is 0 Å². The number of nitrogens with zero attached hydrogens (tertiary/aromatic N) is 2. The second kappa shape index (κ2) is 8.44.